The normalized spacial score (nSPS) is 11.1. The number of aromatic nitrogens is 2. The minimum absolute atomic E-state index is 0.0742. The lowest BCUT2D eigenvalue weighted by atomic mass is 10.1. The third-order valence-corrected chi connectivity index (χ3v) is 3.63. The van der Waals surface area contributed by atoms with Gasteiger partial charge in [-0.3, -0.25) is 9.48 Å². The Bertz CT molecular complexity index is 670. The molecule has 112 valence electrons. The molecule has 0 fully saturated rings. The molecule has 0 saturated heterocycles. The lowest BCUT2D eigenvalue weighted by Crippen LogP contribution is -2.22. The van der Waals surface area contributed by atoms with Crippen LogP contribution in [0.25, 0.3) is 0 Å². The van der Waals surface area contributed by atoms with Gasteiger partial charge in [0.2, 0.25) is 5.78 Å². The second-order valence-electron chi connectivity index (χ2n) is 4.80. The minimum Gasteiger partial charge on any atom is -0.308 e. The molecule has 0 saturated carbocycles. The van der Waals surface area contributed by atoms with Crippen LogP contribution in [0.2, 0.25) is 10.0 Å². The van der Waals surface area contributed by atoms with Crippen molar-refractivity contribution in [2.45, 2.75) is 6.54 Å². The Morgan fingerprint density at radius 2 is 2.10 bits per heavy atom. The van der Waals surface area contributed by atoms with Gasteiger partial charge >= 0.3 is 0 Å². The second kappa shape index (κ2) is 6.56. The molecule has 4 nitrogen and oxygen atoms in total. The molecule has 0 spiro atoms. The predicted octanol–water partition coefficient (Wildman–Crippen LogP) is 3.12. The maximum absolute atomic E-state index is 13.5. The Kier molecular flexibility index (Phi) is 4.98. The molecule has 2 aromatic rings. The first-order chi connectivity index (χ1) is 9.91. The smallest absolute Gasteiger partial charge is 0.214 e. The van der Waals surface area contributed by atoms with E-state index in [1.54, 1.807) is 0 Å². The fourth-order valence-electron chi connectivity index (χ4n) is 1.86. The summed E-state index contributed by atoms with van der Waals surface area (Å²) in [7, 11) is 3.83. The van der Waals surface area contributed by atoms with E-state index in [2.05, 4.69) is 5.10 Å². The van der Waals surface area contributed by atoms with Crippen molar-refractivity contribution in [1.29, 1.82) is 0 Å². The van der Waals surface area contributed by atoms with E-state index in [0.29, 0.717) is 13.1 Å². The number of likely N-dealkylation sites (N-methyl/N-ethyl adjacent to an activating group) is 1. The zero-order valence-electron chi connectivity index (χ0n) is 11.6. The van der Waals surface area contributed by atoms with Gasteiger partial charge in [-0.1, -0.05) is 29.3 Å². The lowest BCUT2D eigenvalue weighted by molar-refractivity contribution is 0.102. The number of halogens is 3. The van der Waals surface area contributed by atoms with Crippen molar-refractivity contribution in [2.24, 2.45) is 0 Å². The molecule has 0 amide bonds. The summed E-state index contributed by atoms with van der Waals surface area (Å²) in [5, 5.41) is 4.10. The van der Waals surface area contributed by atoms with Crippen LogP contribution in [-0.4, -0.2) is 41.1 Å². The van der Waals surface area contributed by atoms with Crippen LogP contribution in [0.1, 0.15) is 16.1 Å². The van der Waals surface area contributed by atoms with Crippen molar-refractivity contribution in [3.8, 4) is 0 Å². The Morgan fingerprint density at radius 3 is 2.76 bits per heavy atom. The first-order valence-electron chi connectivity index (χ1n) is 6.26. The minimum atomic E-state index is -0.641. The van der Waals surface area contributed by atoms with Crippen molar-refractivity contribution >= 4 is 29.0 Å². The van der Waals surface area contributed by atoms with Crippen molar-refractivity contribution in [3.63, 3.8) is 0 Å². The third kappa shape index (κ3) is 3.43. The quantitative estimate of drug-likeness (QED) is 0.791. The highest BCUT2D eigenvalue weighted by molar-refractivity contribution is 6.37. The van der Waals surface area contributed by atoms with Crippen LogP contribution >= 0.6 is 23.2 Å². The number of hydrogen-bond donors (Lipinski definition) is 0. The first kappa shape index (κ1) is 15.9. The van der Waals surface area contributed by atoms with Crippen LogP contribution in [0.3, 0.4) is 0 Å². The molecule has 0 radical (unpaired) electrons. The molecule has 0 aliphatic carbocycles. The Balaban J connectivity index is 2.39. The zero-order chi connectivity index (χ0) is 15.6. The van der Waals surface area contributed by atoms with E-state index >= 15 is 0 Å². The molecule has 0 bridgehead atoms. The second-order valence-corrected chi connectivity index (χ2v) is 5.58. The highest BCUT2D eigenvalue weighted by atomic mass is 35.5. The van der Waals surface area contributed by atoms with Gasteiger partial charge < -0.3 is 4.90 Å². The summed E-state index contributed by atoms with van der Waals surface area (Å²) in [6.07, 6.45) is 1.40. The van der Waals surface area contributed by atoms with Gasteiger partial charge in [0.25, 0.3) is 0 Å². The van der Waals surface area contributed by atoms with Gasteiger partial charge in [-0.2, -0.15) is 5.10 Å². The van der Waals surface area contributed by atoms with Gasteiger partial charge in [-0.25, -0.2) is 4.39 Å². The molecule has 2 rings (SSSR count). The fraction of sp³-hybridized carbons (Fsp3) is 0.286. The fourth-order valence-corrected chi connectivity index (χ4v) is 2.30. The van der Waals surface area contributed by atoms with E-state index in [1.165, 1.54) is 29.1 Å². The van der Waals surface area contributed by atoms with Crippen LogP contribution in [0, 0.1) is 5.82 Å². The van der Waals surface area contributed by atoms with Gasteiger partial charge in [0, 0.05) is 12.1 Å². The monoisotopic (exact) mass is 329 g/mol. The molecule has 0 N–H and O–H groups in total. The molecular formula is C14H14Cl2FN3O. The predicted molar refractivity (Wildman–Crippen MR) is 80.6 cm³/mol. The SMILES string of the molecule is CN(C)CCn1ncc(Cl)c1C(=O)c1cccc(F)c1Cl. The maximum atomic E-state index is 13.5. The summed E-state index contributed by atoms with van der Waals surface area (Å²) in [5.41, 5.74) is 0.288. The van der Waals surface area contributed by atoms with Gasteiger partial charge in [0.1, 0.15) is 11.5 Å². The Labute approximate surface area is 132 Å². The van der Waals surface area contributed by atoms with Gasteiger partial charge in [0.05, 0.1) is 22.8 Å². The average Bonchev–Trinajstić information content (AvgIpc) is 2.80. The third-order valence-electron chi connectivity index (χ3n) is 2.97. The summed E-state index contributed by atoms with van der Waals surface area (Å²) in [6, 6.07) is 4.10. The summed E-state index contributed by atoms with van der Waals surface area (Å²) >= 11 is 11.9. The topological polar surface area (TPSA) is 38.1 Å². The number of ketones is 1. The number of benzene rings is 1. The van der Waals surface area contributed by atoms with Crippen LogP contribution in [0.15, 0.2) is 24.4 Å². The Hall–Kier alpha value is -1.43. The maximum Gasteiger partial charge on any atom is 0.214 e. The summed E-state index contributed by atoms with van der Waals surface area (Å²) < 4.78 is 15.0. The van der Waals surface area contributed by atoms with Crippen molar-refractivity contribution in [3.05, 3.63) is 51.5 Å². The van der Waals surface area contributed by atoms with Crippen LogP contribution < -0.4 is 0 Å². The van der Waals surface area contributed by atoms with E-state index in [4.69, 9.17) is 23.2 Å². The summed E-state index contributed by atoms with van der Waals surface area (Å²) in [4.78, 5) is 14.5. The first-order valence-corrected chi connectivity index (χ1v) is 7.02. The van der Waals surface area contributed by atoms with Crippen molar-refractivity contribution in [2.75, 3.05) is 20.6 Å². The molecule has 7 heteroatoms. The van der Waals surface area contributed by atoms with Crippen LogP contribution in [0.4, 0.5) is 4.39 Å². The molecule has 0 unspecified atom stereocenters. The summed E-state index contributed by atoms with van der Waals surface area (Å²) in [5.74, 6) is -1.08. The number of carbonyl (C=O) groups is 1. The highest BCUT2D eigenvalue weighted by Crippen LogP contribution is 2.25. The largest absolute Gasteiger partial charge is 0.308 e. The number of nitrogens with zero attached hydrogens (tertiary/aromatic N) is 3. The lowest BCUT2D eigenvalue weighted by Gasteiger charge is -2.12. The van der Waals surface area contributed by atoms with E-state index in [9.17, 15) is 9.18 Å². The number of carbonyl (C=O) groups excluding carboxylic acids is 1. The molecule has 1 heterocycles. The van der Waals surface area contributed by atoms with E-state index < -0.39 is 11.6 Å². The highest BCUT2D eigenvalue weighted by Gasteiger charge is 2.22. The summed E-state index contributed by atoms with van der Waals surface area (Å²) in [6.45, 7) is 1.18. The molecule has 1 aromatic heterocycles. The van der Waals surface area contributed by atoms with Crippen molar-refractivity contribution < 1.29 is 9.18 Å². The van der Waals surface area contributed by atoms with Crippen molar-refractivity contribution in [1.82, 2.24) is 14.7 Å². The van der Waals surface area contributed by atoms with Crippen LogP contribution in [0.5, 0.6) is 0 Å². The zero-order valence-corrected chi connectivity index (χ0v) is 13.1. The molecule has 0 atom stereocenters. The molecular weight excluding hydrogens is 316 g/mol. The number of rotatable bonds is 5. The molecule has 21 heavy (non-hydrogen) atoms. The standard InChI is InChI=1S/C14H14Cl2FN3O/c1-19(2)6-7-20-13(10(15)8-18-20)14(21)9-4-3-5-11(17)12(9)16/h3-5,8H,6-7H2,1-2H3. The van der Waals surface area contributed by atoms with Gasteiger partial charge in [-0.15, -0.1) is 0 Å². The molecule has 0 aliphatic rings. The van der Waals surface area contributed by atoms with E-state index in [-0.39, 0.29) is 21.3 Å². The molecule has 1 aromatic carbocycles. The van der Waals surface area contributed by atoms with Gasteiger partial charge in [-0.05, 0) is 26.2 Å². The van der Waals surface area contributed by atoms with Crippen LogP contribution in [-0.2, 0) is 6.54 Å². The van der Waals surface area contributed by atoms with Gasteiger partial charge in [0.15, 0.2) is 0 Å². The van der Waals surface area contributed by atoms with E-state index in [1.807, 2.05) is 19.0 Å². The van der Waals surface area contributed by atoms with E-state index in [0.717, 1.165) is 0 Å². The molecule has 0 aliphatic heterocycles. The average molecular weight is 330 g/mol. The number of hydrogen-bond acceptors (Lipinski definition) is 3. The Morgan fingerprint density at radius 1 is 1.38 bits per heavy atom.